The molecule has 0 N–H and O–H groups in total. The minimum Gasteiger partial charge on any atom is -0.368 e. The van der Waals surface area contributed by atoms with E-state index in [-0.39, 0.29) is 11.9 Å². The molecule has 1 aromatic rings. The van der Waals surface area contributed by atoms with Gasteiger partial charge in [-0.3, -0.25) is 9.69 Å². The molecule has 1 fully saturated rings. The van der Waals surface area contributed by atoms with E-state index >= 15 is 0 Å². The highest BCUT2D eigenvalue weighted by atomic mass is 16.5. The maximum absolute atomic E-state index is 12.4. The van der Waals surface area contributed by atoms with E-state index in [2.05, 4.69) is 37.8 Å². The summed E-state index contributed by atoms with van der Waals surface area (Å²) in [5.74, 6) is 0.204. The van der Waals surface area contributed by atoms with Gasteiger partial charge in [0.25, 0.3) is 0 Å². The van der Waals surface area contributed by atoms with E-state index in [1.165, 1.54) is 11.1 Å². The topological polar surface area (TPSA) is 29.5 Å². The zero-order valence-electron chi connectivity index (χ0n) is 12.1. The highest BCUT2D eigenvalue weighted by molar-refractivity contribution is 5.86. The summed E-state index contributed by atoms with van der Waals surface area (Å²) in [5.41, 5.74) is 3.54. The molecule has 0 bridgehead atoms. The van der Waals surface area contributed by atoms with E-state index in [0.717, 1.165) is 25.2 Å². The van der Waals surface area contributed by atoms with E-state index in [1.807, 2.05) is 6.07 Å². The molecule has 3 heteroatoms. The molecule has 1 aliphatic heterocycles. The van der Waals surface area contributed by atoms with E-state index in [9.17, 15) is 4.79 Å². The Balaban J connectivity index is 2.04. The van der Waals surface area contributed by atoms with Crippen LogP contribution in [0.3, 0.4) is 0 Å². The van der Waals surface area contributed by atoms with Gasteiger partial charge in [0, 0.05) is 19.5 Å². The average Bonchev–Trinajstić information content (AvgIpc) is 2.43. The SMILES string of the molecule is CCN1CCOC(C(=O)Cc2c(C)cccc2C)C1. The lowest BCUT2D eigenvalue weighted by atomic mass is 9.96. The summed E-state index contributed by atoms with van der Waals surface area (Å²) in [6, 6.07) is 6.17. The van der Waals surface area contributed by atoms with Crippen LogP contribution in [0, 0.1) is 13.8 Å². The van der Waals surface area contributed by atoms with Gasteiger partial charge in [-0.1, -0.05) is 25.1 Å². The monoisotopic (exact) mass is 261 g/mol. The lowest BCUT2D eigenvalue weighted by molar-refractivity contribution is -0.135. The van der Waals surface area contributed by atoms with E-state index in [4.69, 9.17) is 4.74 Å². The first-order valence-electron chi connectivity index (χ1n) is 7.03. The molecule has 0 spiro atoms. The molecule has 19 heavy (non-hydrogen) atoms. The molecule has 3 nitrogen and oxygen atoms in total. The normalized spacial score (nSPS) is 20.5. The second-order valence-electron chi connectivity index (χ2n) is 5.27. The van der Waals surface area contributed by atoms with Crippen LogP contribution in [0.1, 0.15) is 23.6 Å². The van der Waals surface area contributed by atoms with Gasteiger partial charge in [0.2, 0.25) is 0 Å². The number of hydrogen-bond donors (Lipinski definition) is 0. The first-order chi connectivity index (χ1) is 9.11. The largest absolute Gasteiger partial charge is 0.368 e. The van der Waals surface area contributed by atoms with Crippen molar-refractivity contribution in [3.05, 3.63) is 34.9 Å². The molecule has 2 rings (SSSR count). The summed E-state index contributed by atoms with van der Waals surface area (Å²) in [5, 5.41) is 0. The predicted molar refractivity (Wildman–Crippen MR) is 76.5 cm³/mol. The van der Waals surface area contributed by atoms with E-state index < -0.39 is 0 Å². The molecule has 0 amide bonds. The third-order valence-corrected chi connectivity index (χ3v) is 3.95. The number of ketones is 1. The molecule has 1 aromatic carbocycles. The summed E-state index contributed by atoms with van der Waals surface area (Å²) >= 11 is 0. The van der Waals surface area contributed by atoms with Gasteiger partial charge in [0.1, 0.15) is 6.10 Å². The van der Waals surface area contributed by atoms with Crippen molar-refractivity contribution in [3.63, 3.8) is 0 Å². The lowest BCUT2D eigenvalue weighted by Gasteiger charge is -2.31. The van der Waals surface area contributed by atoms with Crippen molar-refractivity contribution < 1.29 is 9.53 Å². The number of carbonyl (C=O) groups is 1. The first kappa shape index (κ1) is 14.2. The number of likely N-dealkylation sites (N-methyl/N-ethyl adjacent to an activating group) is 1. The van der Waals surface area contributed by atoms with Crippen LogP contribution in [0.5, 0.6) is 0 Å². The molecule has 0 aliphatic carbocycles. The Labute approximate surface area is 115 Å². The van der Waals surface area contributed by atoms with Crippen molar-refractivity contribution in [3.8, 4) is 0 Å². The van der Waals surface area contributed by atoms with Gasteiger partial charge < -0.3 is 4.74 Å². The number of rotatable bonds is 4. The van der Waals surface area contributed by atoms with E-state index in [1.54, 1.807) is 0 Å². The van der Waals surface area contributed by atoms with Crippen molar-refractivity contribution in [1.29, 1.82) is 0 Å². The van der Waals surface area contributed by atoms with Gasteiger partial charge in [-0.25, -0.2) is 0 Å². The van der Waals surface area contributed by atoms with Crippen LogP contribution in [0.25, 0.3) is 0 Å². The molecule has 0 radical (unpaired) electrons. The number of carbonyl (C=O) groups excluding carboxylic acids is 1. The van der Waals surface area contributed by atoms with Crippen molar-refractivity contribution >= 4 is 5.78 Å². The van der Waals surface area contributed by atoms with Crippen LogP contribution in [-0.2, 0) is 16.0 Å². The third-order valence-electron chi connectivity index (χ3n) is 3.95. The summed E-state index contributed by atoms with van der Waals surface area (Å²) in [4.78, 5) is 14.7. The summed E-state index contributed by atoms with van der Waals surface area (Å²) in [6.45, 7) is 9.57. The first-order valence-corrected chi connectivity index (χ1v) is 7.03. The minimum atomic E-state index is -0.257. The van der Waals surface area contributed by atoms with Crippen molar-refractivity contribution in [2.75, 3.05) is 26.2 Å². The molecule has 1 aliphatic rings. The van der Waals surface area contributed by atoms with Crippen molar-refractivity contribution in [2.24, 2.45) is 0 Å². The van der Waals surface area contributed by atoms with Crippen molar-refractivity contribution in [2.45, 2.75) is 33.3 Å². The van der Waals surface area contributed by atoms with Crippen LogP contribution in [0.15, 0.2) is 18.2 Å². The standard InChI is InChI=1S/C16H23NO2/c1-4-17-8-9-19-16(11-17)15(18)10-14-12(2)6-5-7-13(14)3/h5-7,16H,4,8-11H2,1-3H3. The summed E-state index contributed by atoms with van der Waals surface area (Å²) < 4.78 is 5.63. The van der Waals surface area contributed by atoms with Gasteiger partial charge in [-0.2, -0.15) is 0 Å². The molecule has 1 atom stereocenters. The number of nitrogens with zero attached hydrogens (tertiary/aromatic N) is 1. The number of hydrogen-bond acceptors (Lipinski definition) is 3. The number of morpholine rings is 1. The molecular weight excluding hydrogens is 238 g/mol. The fourth-order valence-corrected chi connectivity index (χ4v) is 2.60. The van der Waals surface area contributed by atoms with Crippen LogP contribution >= 0.6 is 0 Å². The zero-order chi connectivity index (χ0) is 13.8. The van der Waals surface area contributed by atoms with Crippen molar-refractivity contribution in [1.82, 2.24) is 4.90 Å². The second-order valence-corrected chi connectivity index (χ2v) is 5.27. The average molecular weight is 261 g/mol. The van der Waals surface area contributed by atoms with Crippen LogP contribution in [0.2, 0.25) is 0 Å². The molecule has 104 valence electrons. The van der Waals surface area contributed by atoms with Gasteiger partial charge in [-0.05, 0) is 37.1 Å². The van der Waals surface area contributed by atoms with Gasteiger partial charge >= 0.3 is 0 Å². The zero-order valence-corrected chi connectivity index (χ0v) is 12.1. The second kappa shape index (κ2) is 6.31. The fourth-order valence-electron chi connectivity index (χ4n) is 2.60. The smallest absolute Gasteiger partial charge is 0.167 e. The number of ether oxygens (including phenoxy) is 1. The molecule has 1 heterocycles. The summed E-state index contributed by atoms with van der Waals surface area (Å²) in [6.07, 6.45) is 0.230. The molecule has 0 saturated carbocycles. The Kier molecular flexibility index (Phi) is 4.72. The Morgan fingerprint density at radius 2 is 2.05 bits per heavy atom. The molecule has 1 saturated heterocycles. The highest BCUT2D eigenvalue weighted by Crippen LogP contribution is 2.16. The Morgan fingerprint density at radius 1 is 1.37 bits per heavy atom. The number of benzene rings is 1. The maximum atomic E-state index is 12.4. The Hall–Kier alpha value is -1.19. The van der Waals surface area contributed by atoms with Crippen LogP contribution < -0.4 is 0 Å². The Morgan fingerprint density at radius 3 is 2.68 bits per heavy atom. The highest BCUT2D eigenvalue weighted by Gasteiger charge is 2.26. The van der Waals surface area contributed by atoms with Gasteiger partial charge in [0.05, 0.1) is 6.61 Å². The molecule has 1 unspecified atom stereocenters. The van der Waals surface area contributed by atoms with Gasteiger partial charge in [0.15, 0.2) is 5.78 Å². The number of aryl methyl sites for hydroxylation is 2. The van der Waals surface area contributed by atoms with E-state index in [0.29, 0.717) is 13.0 Å². The Bertz CT molecular complexity index is 436. The molecule has 0 aromatic heterocycles. The number of Topliss-reactive ketones (excluding diaryl/α,β-unsaturated/α-hetero) is 1. The predicted octanol–water partition coefficient (Wildman–Crippen LogP) is 2.14. The van der Waals surface area contributed by atoms with Gasteiger partial charge in [-0.15, -0.1) is 0 Å². The molecular formula is C16H23NO2. The van der Waals surface area contributed by atoms with Crippen LogP contribution in [0.4, 0.5) is 0 Å². The third kappa shape index (κ3) is 3.43. The minimum absolute atomic E-state index is 0.204. The van der Waals surface area contributed by atoms with Crippen LogP contribution in [-0.4, -0.2) is 43.0 Å². The lowest BCUT2D eigenvalue weighted by Crippen LogP contribution is -2.46. The summed E-state index contributed by atoms with van der Waals surface area (Å²) in [7, 11) is 0. The maximum Gasteiger partial charge on any atom is 0.167 e. The fraction of sp³-hybridized carbons (Fsp3) is 0.562. The quantitative estimate of drug-likeness (QED) is 0.831.